The SMILES string of the molecule is COC(=O)C(CC(=O)O)C(OC(=O)C=Cc1ccc(O)c(O)c1)C(=O)O. The van der Waals surface area contributed by atoms with Gasteiger partial charge >= 0.3 is 23.9 Å². The fourth-order valence-corrected chi connectivity index (χ4v) is 1.93. The van der Waals surface area contributed by atoms with E-state index in [0.717, 1.165) is 25.3 Å². The van der Waals surface area contributed by atoms with Gasteiger partial charge in [0.15, 0.2) is 11.5 Å². The summed E-state index contributed by atoms with van der Waals surface area (Å²) in [6, 6.07) is 3.66. The van der Waals surface area contributed by atoms with Gasteiger partial charge in [-0.15, -0.1) is 0 Å². The fraction of sp³-hybridized carbons (Fsp3) is 0.250. The topological polar surface area (TPSA) is 168 Å². The molecule has 0 aliphatic carbocycles. The lowest BCUT2D eigenvalue weighted by Gasteiger charge is -2.20. The van der Waals surface area contributed by atoms with Crippen LogP contribution in [0.5, 0.6) is 11.5 Å². The summed E-state index contributed by atoms with van der Waals surface area (Å²) >= 11 is 0. The molecule has 10 nitrogen and oxygen atoms in total. The maximum absolute atomic E-state index is 11.8. The zero-order valence-corrected chi connectivity index (χ0v) is 13.5. The molecule has 2 atom stereocenters. The number of carbonyl (C=O) groups is 4. The predicted octanol–water partition coefficient (Wildman–Crippen LogP) is 0.371. The molecule has 0 aliphatic heterocycles. The summed E-state index contributed by atoms with van der Waals surface area (Å²) in [6.45, 7) is 0. The quantitative estimate of drug-likeness (QED) is 0.286. The zero-order valence-electron chi connectivity index (χ0n) is 13.5. The molecule has 26 heavy (non-hydrogen) atoms. The number of hydrogen-bond acceptors (Lipinski definition) is 8. The normalized spacial score (nSPS) is 13.0. The molecule has 1 aromatic rings. The average Bonchev–Trinajstić information content (AvgIpc) is 2.57. The van der Waals surface area contributed by atoms with Crippen molar-refractivity contribution in [3.63, 3.8) is 0 Å². The van der Waals surface area contributed by atoms with E-state index >= 15 is 0 Å². The van der Waals surface area contributed by atoms with Crippen molar-refractivity contribution in [3.8, 4) is 11.5 Å². The van der Waals surface area contributed by atoms with E-state index in [9.17, 15) is 29.4 Å². The lowest BCUT2D eigenvalue weighted by atomic mass is 9.98. The third-order valence-electron chi connectivity index (χ3n) is 3.16. The lowest BCUT2D eigenvalue weighted by Crippen LogP contribution is -2.40. The Morgan fingerprint density at radius 1 is 1.12 bits per heavy atom. The van der Waals surface area contributed by atoms with Crippen LogP contribution in [-0.2, 0) is 28.7 Å². The van der Waals surface area contributed by atoms with Crippen molar-refractivity contribution >= 4 is 30.0 Å². The van der Waals surface area contributed by atoms with E-state index in [1.54, 1.807) is 0 Å². The summed E-state index contributed by atoms with van der Waals surface area (Å²) in [5.41, 5.74) is 0.291. The first-order chi connectivity index (χ1) is 12.1. The van der Waals surface area contributed by atoms with Crippen LogP contribution in [0.25, 0.3) is 6.08 Å². The van der Waals surface area contributed by atoms with Crippen LogP contribution in [0.1, 0.15) is 12.0 Å². The van der Waals surface area contributed by atoms with Crippen molar-refractivity contribution in [2.24, 2.45) is 5.92 Å². The Labute approximate surface area is 146 Å². The minimum absolute atomic E-state index is 0.291. The number of phenolic OH excluding ortho intramolecular Hbond substituents is 2. The highest BCUT2D eigenvalue weighted by Crippen LogP contribution is 2.25. The van der Waals surface area contributed by atoms with Crippen LogP contribution in [0.2, 0.25) is 0 Å². The smallest absolute Gasteiger partial charge is 0.345 e. The lowest BCUT2D eigenvalue weighted by molar-refractivity contribution is -0.173. The molecule has 0 saturated carbocycles. The summed E-state index contributed by atoms with van der Waals surface area (Å²) in [7, 11) is 0.940. The van der Waals surface area contributed by atoms with Gasteiger partial charge in [0.25, 0.3) is 0 Å². The molecule has 0 saturated heterocycles. The Balaban J connectivity index is 2.93. The summed E-state index contributed by atoms with van der Waals surface area (Å²) in [5.74, 6) is -8.04. The largest absolute Gasteiger partial charge is 0.504 e. The average molecular weight is 368 g/mol. The molecule has 0 radical (unpaired) electrons. The Hall–Kier alpha value is -3.56. The van der Waals surface area contributed by atoms with E-state index in [2.05, 4.69) is 9.47 Å². The van der Waals surface area contributed by atoms with Crippen molar-refractivity contribution in [2.45, 2.75) is 12.5 Å². The number of carboxylic acid groups (broad SMARTS) is 2. The number of ether oxygens (including phenoxy) is 2. The Bertz CT molecular complexity index is 737. The highest BCUT2D eigenvalue weighted by atomic mass is 16.6. The molecule has 1 aromatic carbocycles. The first-order valence-corrected chi connectivity index (χ1v) is 7.08. The molecule has 2 unspecified atom stereocenters. The first kappa shape index (κ1) is 20.5. The number of hydrogen-bond donors (Lipinski definition) is 4. The van der Waals surface area contributed by atoms with Gasteiger partial charge in [-0.25, -0.2) is 9.59 Å². The van der Waals surface area contributed by atoms with Crippen LogP contribution in [0.3, 0.4) is 0 Å². The van der Waals surface area contributed by atoms with Gasteiger partial charge in [0.05, 0.1) is 13.5 Å². The minimum Gasteiger partial charge on any atom is -0.504 e. The van der Waals surface area contributed by atoms with Crippen LogP contribution >= 0.6 is 0 Å². The molecular formula is C16H16O10. The maximum atomic E-state index is 11.8. The molecule has 4 N–H and O–H groups in total. The van der Waals surface area contributed by atoms with Gasteiger partial charge in [-0.2, -0.15) is 0 Å². The molecule has 10 heteroatoms. The van der Waals surface area contributed by atoms with Gasteiger partial charge in [0.1, 0.15) is 5.92 Å². The number of carboxylic acids is 2. The Morgan fingerprint density at radius 3 is 2.27 bits per heavy atom. The van der Waals surface area contributed by atoms with E-state index < -0.39 is 48.1 Å². The van der Waals surface area contributed by atoms with Crippen molar-refractivity contribution in [2.75, 3.05) is 7.11 Å². The molecule has 0 fully saturated rings. The van der Waals surface area contributed by atoms with Gasteiger partial charge in [-0.05, 0) is 23.8 Å². The zero-order chi connectivity index (χ0) is 19.9. The van der Waals surface area contributed by atoms with Gasteiger partial charge < -0.3 is 29.9 Å². The Kier molecular flexibility index (Phi) is 7.14. The first-order valence-electron chi connectivity index (χ1n) is 7.08. The second kappa shape index (κ2) is 9.06. The highest BCUT2D eigenvalue weighted by molar-refractivity contribution is 5.91. The maximum Gasteiger partial charge on any atom is 0.345 e. The van der Waals surface area contributed by atoms with Gasteiger partial charge in [-0.1, -0.05) is 6.07 Å². The summed E-state index contributed by atoms with van der Waals surface area (Å²) in [5, 5.41) is 36.5. The molecule has 0 spiro atoms. The van der Waals surface area contributed by atoms with E-state index in [0.29, 0.717) is 5.56 Å². The summed E-state index contributed by atoms with van der Waals surface area (Å²) < 4.78 is 9.03. The minimum atomic E-state index is -2.07. The van der Waals surface area contributed by atoms with E-state index in [4.69, 9.17) is 10.2 Å². The number of aliphatic carboxylic acids is 2. The number of rotatable bonds is 8. The van der Waals surface area contributed by atoms with Crippen molar-refractivity contribution < 1.29 is 49.1 Å². The van der Waals surface area contributed by atoms with Crippen molar-refractivity contribution in [1.29, 1.82) is 0 Å². The molecule has 140 valence electrons. The predicted molar refractivity (Wildman–Crippen MR) is 84.1 cm³/mol. The fourth-order valence-electron chi connectivity index (χ4n) is 1.93. The van der Waals surface area contributed by atoms with Crippen LogP contribution in [0.15, 0.2) is 24.3 Å². The Morgan fingerprint density at radius 2 is 1.77 bits per heavy atom. The van der Waals surface area contributed by atoms with Gasteiger partial charge in [0, 0.05) is 6.08 Å². The number of carbonyl (C=O) groups excluding carboxylic acids is 2. The monoisotopic (exact) mass is 368 g/mol. The van der Waals surface area contributed by atoms with Crippen LogP contribution in [0, 0.1) is 5.92 Å². The summed E-state index contributed by atoms with van der Waals surface area (Å²) in [6.07, 6.45) is -1.00. The van der Waals surface area contributed by atoms with Crippen LogP contribution in [0.4, 0.5) is 0 Å². The number of benzene rings is 1. The van der Waals surface area contributed by atoms with Crippen molar-refractivity contribution in [3.05, 3.63) is 29.8 Å². The molecular weight excluding hydrogens is 352 g/mol. The van der Waals surface area contributed by atoms with Gasteiger partial charge in [-0.3, -0.25) is 9.59 Å². The number of phenols is 2. The van der Waals surface area contributed by atoms with Crippen LogP contribution in [-0.4, -0.2) is 57.5 Å². The second-order valence-corrected chi connectivity index (χ2v) is 5.00. The third kappa shape index (κ3) is 5.82. The number of aromatic hydroxyl groups is 2. The molecule has 0 aliphatic rings. The van der Waals surface area contributed by atoms with Crippen molar-refractivity contribution in [1.82, 2.24) is 0 Å². The van der Waals surface area contributed by atoms with E-state index in [1.165, 1.54) is 12.1 Å². The standard InChI is InChI=1S/C16H16O10/c1-25-16(24)9(7-12(19)20)14(15(22)23)26-13(21)5-3-8-2-4-10(17)11(18)6-8/h2-6,9,14,17-18H,7H2,1H3,(H,19,20)(H,22,23). The van der Waals surface area contributed by atoms with Crippen LogP contribution < -0.4 is 0 Å². The van der Waals surface area contributed by atoms with E-state index in [1.807, 2.05) is 0 Å². The molecule has 0 aromatic heterocycles. The van der Waals surface area contributed by atoms with Gasteiger partial charge in [0.2, 0.25) is 6.10 Å². The van der Waals surface area contributed by atoms with E-state index in [-0.39, 0.29) is 5.75 Å². The summed E-state index contributed by atoms with van der Waals surface area (Å²) in [4.78, 5) is 45.5. The number of esters is 2. The molecule has 0 bridgehead atoms. The second-order valence-electron chi connectivity index (χ2n) is 5.00. The molecule has 0 heterocycles. The molecule has 1 rings (SSSR count). The highest BCUT2D eigenvalue weighted by Gasteiger charge is 2.39. The molecule has 0 amide bonds. The third-order valence-corrected chi connectivity index (χ3v) is 3.16. The number of methoxy groups -OCH3 is 1.